The van der Waals surface area contributed by atoms with Gasteiger partial charge in [-0.15, -0.1) is 11.6 Å². The molecule has 0 bridgehead atoms. The molecular weight excluding hydrogens is 356 g/mol. The van der Waals surface area contributed by atoms with E-state index in [1.807, 2.05) is 27.7 Å². The highest BCUT2D eigenvalue weighted by atomic mass is 35.5. The van der Waals surface area contributed by atoms with Crippen LogP contribution in [0.5, 0.6) is 0 Å². The van der Waals surface area contributed by atoms with Gasteiger partial charge >= 0.3 is 6.03 Å². The lowest BCUT2D eigenvalue weighted by molar-refractivity contribution is -0.141. The van der Waals surface area contributed by atoms with Gasteiger partial charge in [0.25, 0.3) is 0 Å². The number of urea groups is 1. The summed E-state index contributed by atoms with van der Waals surface area (Å²) in [6.45, 7) is 13.1. The molecule has 7 nitrogen and oxygen atoms in total. The lowest BCUT2D eigenvalue weighted by Crippen LogP contribution is -2.61. The van der Waals surface area contributed by atoms with E-state index < -0.39 is 11.5 Å². The standard InChI is InChI=1S/C18H33ClN4O3/c1-7-20-17(26)23-9-8-22(10-13(23)4)15(24)14(12(2)3)21-16(25)18(5,6)11-19/h12-14H,7-11H2,1-6H3,(H,20,26)(H,21,25). The molecule has 2 unspecified atom stereocenters. The second-order valence-corrected chi connectivity index (χ2v) is 8.14. The zero-order valence-electron chi connectivity index (χ0n) is 16.8. The molecule has 0 aliphatic carbocycles. The summed E-state index contributed by atoms with van der Waals surface area (Å²) in [6.07, 6.45) is 0. The highest BCUT2D eigenvalue weighted by Crippen LogP contribution is 2.19. The van der Waals surface area contributed by atoms with Gasteiger partial charge in [0.15, 0.2) is 0 Å². The van der Waals surface area contributed by atoms with Crippen LogP contribution in [0.4, 0.5) is 4.79 Å². The molecule has 2 atom stereocenters. The van der Waals surface area contributed by atoms with Crippen molar-refractivity contribution in [3.63, 3.8) is 0 Å². The molecule has 1 rings (SSSR count). The molecule has 1 aliphatic heterocycles. The highest BCUT2D eigenvalue weighted by Gasteiger charge is 2.36. The molecule has 1 heterocycles. The monoisotopic (exact) mass is 388 g/mol. The van der Waals surface area contributed by atoms with Crippen molar-refractivity contribution >= 4 is 29.4 Å². The maximum Gasteiger partial charge on any atom is 0.317 e. The quantitative estimate of drug-likeness (QED) is 0.679. The van der Waals surface area contributed by atoms with Crippen LogP contribution in [0.3, 0.4) is 0 Å². The van der Waals surface area contributed by atoms with E-state index in [4.69, 9.17) is 11.6 Å². The molecule has 1 fully saturated rings. The molecule has 1 saturated heterocycles. The van der Waals surface area contributed by atoms with E-state index in [0.717, 1.165) is 0 Å². The van der Waals surface area contributed by atoms with Gasteiger partial charge in [-0.05, 0) is 33.6 Å². The Morgan fingerprint density at radius 2 is 1.85 bits per heavy atom. The van der Waals surface area contributed by atoms with E-state index in [0.29, 0.717) is 26.2 Å². The first-order chi connectivity index (χ1) is 12.0. The van der Waals surface area contributed by atoms with Crippen LogP contribution in [0.2, 0.25) is 0 Å². The fraction of sp³-hybridized carbons (Fsp3) is 0.833. The van der Waals surface area contributed by atoms with Crippen molar-refractivity contribution in [1.82, 2.24) is 20.4 Å². The Morgan fingerprint density at radius 3 is 2.31 bits per heavy atom. The zero-order chi connectivity index (χ0) is 20.1. The third-order valence-electron chi connectivity index (χ3n) is 4.70. The summed E-state index contributed by atoms with van der Waals surface area (Å²) in [5, 5.41) is 5.66. The summed E-state index contributed by atoms with van der Waals surface area (Å²) in [5.74, 6) is -0.205. The van der Waals surface area contributed by atoms with Crippen molar-refractivity contribution < 1.29 is 14.4 Å². The van der Waals surface area contributed by atoms with Crippen molar-refractivity contribution in [2.75, 3.05) is 32.1 Å². The van der Waals surface area contributed by atoms with Crippen LogP contribution in [-0.2, 0) is 9.59 Å². The molecule has 2 N–H and O–H groups in total. The molecule has 4 amide bonds. The lowest BCUT2D eigenvalue weighted by Gasteiger charge is -2.41. The minimum Gasteiger partial charge on any atom is -0.344 e. The Kier molecular flexibility index (Phi) is 8.18. The van der Waals surface area contributed by atoms with E-state index in [-0.39, 0.29) is 35.7 Å². The number of amides is 4. The fourth-order valence-electron chi connectivity index (χ4n) is 2.82. The predicted octanol–water partition coefficient (Wildman–Crippen LogP) is 1.65. The topological polar surface area (TPSA) is 81.8 Å². The number of halogens is 1. The van der Waals surface area contributed by atoms with Crippen molar-refractivity contribution in [1.29, 1.82) is 0 Å². The summed E-state index contributed by atoms with van der Waals surface area (Å²) in [5.41, 5.74) is -0.737. The van der Waals surface area contributed by atoms with Gasteiger partial charge in [0, 0.05) is 38.1 Å². The second kappa shape index (κ2) is 9.44. The maximum atomic E-state index is 13.0. The van der Waals surface area contributed by atoms with Crippen LogP contribution in [0.15, 0.2) is 0 Å². The minimum absolute atomic E-state index is 0.0469. The summed E-state index contributed by atoms with van der Waals surface area (Å²) >= 11 is 5.87. The largest absolute Gasteiger partial charge is 0.344 e. The summed E-state index contributed by atoms with van der Waals surface area (Å²) in [7, 11) is 0. The van der Waals surface area contributed by atoms with Gasteiger partial charge in [-0.2, -0.15) is 0 Å². The van der Waals surface area contributed by atoms with Gasteiger partial charge in [-0.1, -0.05) is 13.8 Å². The zero-order valence-corrected chi connectivity index (χ0v) is 17.5. The highest BCUT2D eigenvalue weighted by molar-refractivity contribution is 6.19. The maximum absolute atomic E-state index is 13.0. The van der Waals surface area contributed by atoms with E-state index >= 15 is 0 Å². The van der Waals surface area contributed by atoms with Crippen LogP contribution in [-0.4, -0.2) is 71.8 Å². The number of nitrogens with one attached hydrogen (secondary N) is 2. The minimum atomic E-state index is -0.737. The van der Waals surface area contributed by atoms with Crippen LogP contribution in [0, 0.1) is 11.3 Å². The van der Waals surface area contributed by atoms with E-state index in [2.05, 4.69) is 10.6 Å². The molecule has 0 aromatic carbocycles. The van der Waals surface area contributed by atoms with Crippen molar-refractivity contribution in [3.8, 4) is 0 Å². The number of rotatable bonds is 6. The smallest absolute Gasteiger partial charge is 0.317 e. The third-order valence-corrected chi connectivity index (χ3v) is 5.36. The average molecular weight is 389 g/mol. The SMILES string of the molecule is CCNC(=O)N1CCN(C(=O)C(NC(=O)C(C)(C)CCl)C(C)C)CC1C. The summed E-state index contributed by atoms with van der Waals surface area (Å²) in [6, 6.07) is -0.792. The third kappa shape index (κ3) is 5.50. The first kappa shape index (κ1) is 22.5. The van der Waals surface area contributed by atoms with Crippen LogP contribution in [0.1, 0.15) is 41.5 Å². The molecular formula is C18H33ClN4O3. The number of alkyl halides is 1. The Balaban J connectivity index is 2.79. The molecule has 0 spiro atoms. The summed E-state index contributed by atoms with van der Waals surface area (Å²) < 4.78 is 0. The van der Waals surface area contributed by atoms with Crippen molar-refractivity contribution in [2.45, 2.75) is 53.6 Å². The van der Waals surface area contributed by atoms with Gasteiger partial charge in [0.1, 0.15) is 6.04 Å². The molecule has 26 heavy (non-hydrogen) atoms. The van der Waals surface area contributed by atoms with E-state index in [1.165, 1.54) is 0 Å². The number of carbonyl (C=O) groups is 3. The van der Waals surface area contributed by atoms with Crippen LogP contribution >= 0.6 is 11.6 Å². The fourth-order valence-corrected chi connectivity index (χ4v) is 2.94. The van der Waals surface area contributed by atoms with Gasteiger partial charge in [-0.3, -0.25) is 9.59 Å². The number of carbonyl (C=O) groups excluding carboxylic acids is 3. The number of nitrogens with zero attached hydrogens (tertiary/aromatic N) is 2. The first-order valence-corrected chi connectivity index (χ1v) is 9.78. The molecule has 8 heteroatoms. The normalized spacial score (nSPS) is 19.3. The average Bonchev–Trinajstić information content (AvgIpc) is 2.58. The van der Waals surface area contributed by atoms with Crippen molar-refractivity contribution in [2.24, 2.45) is 11.3 Å². The Bertz CT molecular complexity index is 525. The molecule has 1 aliphatic rings. The van der Waals surface area contributed by atoms with Crippen molar-refractivity contribution in [3.05, 3.63) is 0 Å². The Hall–Kier alpha value is -1.50. The van der Waals surface area contributed by atoms with Gasteiger partial charge in [0.2, 0.25) is 11.8 Å². The molecule has 0 aromatic rings. The van der Waals surface area contributed by atoms with Crippen LogP contribution < -0.4 is 10.6 Å². The first-order valence-electron chi connectivity index (χ1n) is 9.25. The van der Waals surface area contributed by atoms with E-state index in [9.17, 15) is 14.4 Å². The number of hydrogen-bond donors (Lipinski definition) is 2. The molecule has 0 radical (unpaired) electrons. The summed E-state index contributed by atoms with van der Waals surface area (Å²) in [4.78, 5) is 41.0. The van der Waals surface area contributed by atoms with Gasteiger partial charge in [0.05, 0.1) is 5.41 Å². The van der Waals surface area contributed by atoms with Gasteiger partial charge < -0.3 is 20.4 Å². The predicted molar refractivity (Wildman–Crippen MR) is 103 cm³/mol. The molecule has 150 valence electrons. The molecule has 0 saturated carbocycles. The lowest BCUT2D eigenvalue weighted by atomic mass is 9.93. The Labute approximate surface area is 161 Å². The number of hydrogen-bond acceptors (Lipinski definition) is 3. The van der Waals surface area contributed by atoms with Crippen LogP contribution in [0.25, 0.3) is 0 Å². The van der Waals surface area contributed by atoms with Gasteiger partial charge in [-0.25, -0.2) is 4.79 Å². The van der Waals surface area contributed by atoms with E-state index in [1.54, 1.807) is 23.6 Å². The second-order valence-electron chi connectivity index (χ2n) is 7.87. The Morgan fingerprint density at radius 1 is 1.23 bits per heavy atom. The number of piperazine rings is 1. The molecule has 0 aromatic heterocycles.